The zero-order valence-electron chi connectivity index (χ0n) is 28.8. The topological polar surface area (TPSA) is 169 Å². The van der Waals surface area contributed by atoms with E-state index in [0.29, 0.717) is 13.0 Å². The summed E-state index contributed by atoms with van der Waals surface area (Å²) >= 11 is 0. The first kappa shape index (κ1) is 37.2. The van der Waals surface area contributed by atoms with Gasteiger partial charge in [-0.15, -0.1) is 0 Å². The number of benzene rings is 3. The molecule has 0 spiro atoms. The number of para-hydroxylation sites is 2. The summed E-state index contributed by atoms with van der Waals surface area (Å²) in [5.41, 5.74) is 10.6. The van der Waals surface area contributed by atoms with Gasteiger partial charge in [0.05, 0.1) is 13.2 Å². The number of nitrogens with two attached hydrogens (primary N) is 1. The third kappa shape index (κ3) is 9.95. The van der Waals surface area contributed by atoms with Gasteiger partial charge >= 0.3 is 18.0 Å². The summed E-state index contributed by atoms with van der Waals surface area (Å²) in [5, 5.41) is 4.81. The molecule has 5 rings (SSSR count). The summed E-state index contributed by atoms with van der Waals surface area (Å²) in [4.78, 5) is 56.9. The predicted molar refractivity (Wildman–Crippen MR) is 191 cm³/mol. The normalized spacial score (nSPS) is 12.6. The van der Waals surface area contributed by atoms with Crippen molar-refractivity contribution in [1.82, 2.24) is 20.2 Å². The number of hydrogen-bond donors (Lipinski definition) is 4. The number of carbonyl (C=O) groups is 4. The van der Waals surface area contributed by atoms with E-state index < -0.39 is 36.1 Å². The van der Waals surface area contributed by atoms with Crippen LogP contribution in [0.15, 0.2) is 91.3 Å². The number of rotatable bonds is 13. The maximum absolute atomic E-state index is 12.9. The lowest BCUT2D eigenvalue weighted by molar-refractivity contribution is -0.147. The van der Waals surface area contributed by atoms with Crippen LogP contribution in [0.3, 0.4) is 0 Å². The number of aromatic amines is 2. The average Bonchev–Trinajstić information content (AvgIpc) is 3.74. The van der Waals surface area contributed by atoms with E-state index in [1.54, 1.807) is 20.8 Å². The first-order valence-corrected chi connectivity index (χ1v) is 16.6. The second-order valence-corrected chi connectivity index (χ2v) is 11.6. The summed E-state index contributed by atoms with van der Waals surface area (Å²) in [6.45, 7) is 5.72. The van der Waals surface area contributed by atoms with E-state index >= 15 is 0 Å². The molecule has 3 aromatic carbocycles. The zero-order valence-corrected chi connectivity index (χ0v) is 28.8. The number of esters is 2. The van der Waals surface area contributed by atoms with Crippen LogP contribution in [0.5, 0.6) is 0 Å². The Hall–Kier alpha value is -5.62. The second kappa shape index (κ2) is 18.2. The highest BCUT2D eigenvalue weighted by atomic mass is 16.6. The van der Waals surface area contributed by atoms with Crippen LogP contribution in [-0.2, 0) is 48.0 Å². The van der Waals surface area contributed by atoms with Gasteiger partial charge in [-0.3, -0.25) is 14.5 Å². The highest BCUT2D eigenvalue weighted by molar-refractivity contribution is 5.90. The van der Waals surface area contributed by atoms with Crippen molar-refractivity contribution < 1.29 is 33.4 Å². The molecule has 50 heavy (non-hydrogen) atoms. The van der Waals surface area contributed by atoms with Crippen molar-refractivity contribution in [3.63, 3.8) is 0 Å². The maximum Gasteiger partial charge on any atom is 0.410 e. The monoisotopic (exact) mass is 683 g/mol. The van der Waals surface area contributed by atoms with E-state index in [2.05, 4.69) is 15.3 Å². The molecule has 0 saturated carbocycles. The number of nitrogens with one attached hydrogen (secondary N) is 3. The molecule has 12 heteroatoms. The quantitative estimate of drug-likeness (QED) is 0.0992. The third-order valence-corrected chi connectivity index (χ3v) is 8.14. The molecule has 12 nitrogen and oxygen atoms in total. The van der Waals surface area contributed by atoms with Crippen molar-refractivity contribution in [1.29, 1.82) is 0 Å². The number of aromatic nitrogens is 2. The van der Waals surface area contributed by atoms with Gasteiger partial charge in [-0.1, -0.05) is 66.7 Å². The number of ether oxygens (including phenoxy) is 3. The average molecular weight is 684 g/mol. The molecular formula is C38H45N5O7. The zero-order chi connectivity index (χ0) is 36.0. The summed E-state index contributed by atoms with van der Waals surface area (Å²) in [7, 11) is 1.48. The van der Waals surface area contributed by atoms with Gasteiger partial charge in [-0.25, -0.2) is 9.59 Å². The molecule has 0 unspecified atom stereocenters. The van der Waals surface area contributed by atoms with Crippen LogP contribution < -0.4 is 11.1 Å². The van der Waals surface area contributed by atoms with Crippen molar-refractivity contribution in [3.05, 3.63) is 108 Å². The molecule has 264 valence electrons. The summed E-state index contributed by atoms with van der Waals surface area (Å²) < 4.78 is 15.4. The van der Waals surface area contributed by atoms with Gasteiger partial charge in [0, 0.05) is 54.1 Å². The van der Waals surface area contributed by atoms with Crippen molar-refractivity contribution in [2.24, 2.45) is 5.73 Å². The Kier molecular flexibility index (Phi) is 13.6. The van der Waals surface area contributed by atoms with E-state index in [9.17, 15) is 19.2 Å². The van der Waals surface area contributed by atoms with Gasteiger partial charge < -0.3 is 35.2 Å². The number of H-pyrrole nitrogens is 2. The van der Waals surface area contributed by atoms with Crippen LogP contribution in [0.1, 0.15) is 37.5 Å². The molecule has 2 heterocycles. The Labute approximate surface area is 291 Å². The summed E-state index contributed by atoms with van der Waals surface area (Å²) in [5.74, 6) is -1.36. The summed E-state index contributed by atoms with van der Waals surface area (Å²) in [6.07, 6.45) is 3.82. The fourth-order valence-corrected chi connectivity index (χ4v) is 5.27. The van der Waals surface area contributed by atoms with Gasteiger partial charge in [-0.2, -0.15) is 0 Å². The largest absolute Gasteiger partial charge is 0.465 e. The molecule has 0 aliphatic rings. The molecule has 0 radical (unpaired) electrons. The number of hydrogen-bond acceptors (Lipinski definition) is 8. The first-order valence-electron chi connectivity index (χ1n) is 16.6. The SMILES string of the molecule is CCOC(=O)[C@@H](N)Cc1c[nH]c2ccccc12.CCOC(=O)[C@H](Cc1c[nH]c2ccccc12)NC(=O)[C@H](C)N(C)C(=O)OCc1ccccc1. The Morgan fingerprint density at radius 3 is 1.84 bits per heavy atom. The lowest BCUT2D eigenvalue weighted by Crippen LogP contribution is -2.52. The number of amides is 2. The number of fused-ring (bicyclic) bond motifs is 2. The van der Waals surface area contributed by atoms with Gasteiger partial charge in [0.2, 0.25) is 5.91 Å². The second-order valence-electron chi connectivity index (χ2n) is 11.6. The summed E-state index contributed by atoms with van der Waals surface area (Å²) in [6, 6.07) is 22.6. The fourth-order valence-electron chi connectivity index (χ4n) is 5.27. The number of likely N-dealkylation sites (N-methyl/N-ethyl adjacent to an activating group) is 1. The minimum absolute atomic E-state index is 0.102. The molecule has 3 atom stereocenters. The molecule has 0 saturated heterocycles. The van der Waals surface area contributed by atoms with Crippen molar-refractivity contribution >= 4 is 45.7 Å². The lowest BCUT2D eigenvalue weighted by Gasteiger charge is -2.25. The minimum atomic E-state index is -0.896. The van der Waals surface area contributed by atoms with Gasteiger partial charge in [0.15, 0.2) is 0 Å². The molecule has 0 bridgehead atoms. The Bertz CT molecular complexity index is 1870. The molecule has 2 amide bonds. The van der Waals surface area contributed by atoms with E-state index in [1.807, 2.05) is 91.3 Å². The van der Waals surface area contributed by atoms with Crippen LogP contribution in [0.4, 0.5) is 4.79 Å². The highest BCUT2D eigenvalue weighted by Crippen LogP contribution is 2.20. The van der Waals surface area contributed by atoms with E-state index in [4.69, 9.17) is 19.9 Å². The van der Waals surface area contributed by atoms with Crippen LogP contribution >= 0.6 is 0 Å². The van der Waals surface area contributed by atoms with E-state index in [1.165, 1.54) is 11.9 Å². The Balaban J connectivity index is 0.000000276. The molecular weight excluding hydrogens is 638 g/mol. The Morgan fingerprint density at radius 1 is 0.740 bits per heavy atom. The molecule has 0 aliphatic carbocycles. The standard InChI is InChI=1S/C25H29N3O5.C13H16N2O2/c1-4-32-24(30)22(14-19-15-26-21-13-9-8-12-20(19)21)27-23(29)17(2)28(3)25(31)33-16-18-10-6-5-7-11-18;1-2-17-13(16)11(14)7-9-8-15-12-6-4-3-5-10(9)12/h5-13,15,17,22,26H,4,14,16H2,1-3H3,(H,27,29);3-6,8,11,15H,2,7,14H2,1H3/t17-,22-;11-/m00/s1. The first-order chi connectivity index (χ1) is 24.1. The third-order valence-electron chi connectivity index (χ3n) is 8.14. The lowest BCUT2D eigenvalue weighted by atomic mass is 10.0. The molecule has 2 aromatic heterocycles. The predicted octanol–water partition coefficient (Wildman–Crippen LogP) is 5.02. The molecule has 0 fully saturated rings. The van der Waals surface area contributed by atoms with Crippen molar-refractivity contribution in [2.75, 3.05) is 20.3 Å². The molecule has 5 N–H and O–H groups in total. The van der Waals surface area contributed by atoms with Crippen molar-refractivity contribution in [2.45, 2.75) is 58.3 Å². The fraction of sp³-hybridized carbons (Fsp3) is 0.316. The van der Waals surface area contributed by atoms with Gasteiger partial charge in [0.25, 0.3) is 0 Å². The van der Waals surface area contributed by atoms with Crippen LogP contribution in [0.25, 0.3) is 21.8 Å². The van der Waals surface area contributed by atoms with E-state index in [0.717, 1.165) is 38.5 Å². The van der Waals surface area contributed by atoms with Gasteiger partial charge in [-0.05, 0) is 49.6 Å². The maximum atomic E-state index is 12.9. The molecule has 5 aromatic rings. The van der Waals surface area contributed by atoms with Crippen molar-refractivity contribution in [3.8, 4) is 0 Å². The number of carbonyl (C=O) groups excluding carboxylic acids is 4. The van der Waals surface area contributed by atoms with Crippen LogP contribution in [-0.4, -0.2) is 77.2 Å². The molecule has 0 aliphatic heterocycles. The van der Waals surface area contributed by atoms with Crippen LogP contribution in [0, 0.1) is 0 Å². The van der Waals surface area contributed by atoms with Crippen LogP contribution in [0.2, 0.25) is 0 Å². The minimum Gasteiger partial charge on any atom is -0.465 e. The highest BCUT2D eigenvalue weighted by Gasteiger charge is 2.29. The van der Waals surface area contributed by atoms with E-state index in [-0.39, 0.29) is 25.6 Å². The Morgan fingerprint density at radius 2 is 1.26 bits per heavy atom. The van der Waals surface area contributed by atoms with Gasteiger partial charge in [0.1, 0.15) is 24.7 Å². The number of nitrogens with zero attached hydrogens (tertiary/aromatic N) is 1. The smallest absolute Gasteiger partial charge is 0.410 e.